The number of nitrogens with one attached hydrogen (secondary N) is 2. The molecule has 0 atom stereocenters. The van der Waals surface area contributed by atoms with E-state index in [9.17, 15) is 0 Å². The lowest BCUT2D eigenvalue weighted by atomic mass is 10.2. The highest BCUT2D eigenvalue weighted by molar-refractivity contribution is 7.80. The van der Waals surface area contributed by atoms with Gasteiger partial charge in [-0.1, -0.05) is 17.7 Å². The average Bonchev–Trinajstić information content (AvgIpc) is 2.34. The minimum absolute atomic E-state index is 0.769. The van der Waals surface area contributed by atoms with Crippen molar-refractivity contribution in [3.8, 4) is 0 Å². The summed E-state index contributed by atoms with van der Waals surface area (Å²) < 4.78 is 0. The van der Waals surface area contributed by atoms with Gasteiger partial charge < -0.3 is 15.1 Å². The number of benzene rings is 1. The van der Waals surface area contributed by atoms with Gasteiger partial charge >= 0.3 is 0 Å². The fraction of sp³-hybridized carbons (Fsp3) is 0.462. The average molecular weight is 285 g/mol. The quantitative estimate of drug-likeness (QED) is 0.756. The van der Waals surface area contributed by atoms with Crippen molar-refractivity contribution in [1.82, 2.24) is 4.90 Å². The Bertz CT molecular complexity index is 442. The van der Waals surface area contributed by atoms with Crippen LogP contribution in [0, 0.1) is 6.92 Å². The van der Waals surface area contributed by atoms with Crippen molar-refractivity contribution in [1.29, 1.82) is 0 Å². The van der Waals surface area contributed by atoms with Crippen molar-refractivity contribution in [3.05, 3.63) is 28.8 Å². The number of nitrogens with zero attached hydrogens (tertiary/aromatic N) is 1. The molecule has 1 aliphatic rings. The van der Waals surface area contributed by atoms with Gasteiger partial charge in [-0.25, -0.2) is 0 Å². The van der Waals surface area contributed by atoms with Crippen LogP contribution in [0.2, 0.25) is 5.02 Å². The summed E-state index contributed by atoms with van der Waals surface area (Å²) in [6.07, 6.45) is 0. The summed E-state index contributed by atoms with van der Waals surface area (Å²) >= 11 is 11.5. The second-order valence-corrected chi connectivity index (χ2v) is 5.63. The molecule has 0 unspecified atom stereocenters. The number of rotatable bonds is 1. The van der Waals surface area contributed by atoms with Crippen LogP contribution in [-0.4, -0.2) is 43.2 Å². The topological polar surface area (TPSA) is 19.7 Å². The molecule has 0 saturated carbocycles. The molecule has 2 N–H and O–H groups in total. The molecule has 2 rings (SSSR count). The highest BCUT2D eigenvalue weighted by Crippen LogP contribution is 2.20. The molecule has 3 nitrogen and oxygen atoms in total. The van der Waals surface area contributed by atoms with Crippen molar-refractivity contribution in [2.24, 2.45) is 0 Å². The Balaban J connectivity index is 1.96. The second kappa shape index (κ2) is 5.87. The van der Waals surface area contributed by atoms with Crippen LogP contribution in [0.3, 0.4) is 0 Å². The molecule has 98 valence electrons. The van der Waals surface area contributed by atoms with Gasteiger partial charge in [0.05, 0.1) is 33.2 Å². The van der Waals surface area contributed by atoms with Gasteiger partial charge in [0.2, 0.25) is 0 Å². The molecule has 18 heavy (non-hydrogen) atoms. The predicted molar refractivity (Wildman–Crippen MR) is 80.6 cm³/mol. The highest BCUT2D eigenvalue weighted by Gasteiger charge is 2.18. The molecule has 0 bridgehead atoms. The molecule has 1 saturated heterocycles. The Kier molecular flexibility index (Phi) is 4.43. The van der Waals surface area contributed by atoms with Gasteiger partial charge in [-0.15, -0.1) is 0 Å². The number of thiocarbonyl (C=S) groups is 1. The van der Waals surface area contributed by atoms with Gasteiger partial charge in [0.1, 0.15) is 0 Å². The smallest absolute Gasteiger partial charge is 0.173 e. The standard InChI is InChI=1S/C13H18ClN3S/c1-10-3-4-11(9-12(10)14)15-13(18)17-7-5-16(2)6-8-17/h3-4,9H,5-8H2,1-2H3,(H,15,18)/p+1. The first-order chi connectivity index (χ1) is 8.56. The molecule has 0 aliphatic carbocycles. The predicted octanol–water partition coefficient (Wildman–Crippen LogP) is 1.18. The Morgan fingerprint density at radius 2 is 2.06 bits per heavy atom. The number of hydrogen-bond acceptors (Lipinski definition) is 1. The lowest BCUT2D eigenvalue weighted by Crippen LogP contribution is -3.12. The zero-order chi connectivity index (χ0) is 13.1. The third kappa shape index (κ3) is 3.34. The van der Waals surface area contributed by atoms with Crippen molar-refractivity contribution in [3.63, 3.8) is 0 Å². The normalized spacial score (nSPS) is 16.7. The molecular weight excluding hydrogens is 266 g/mol. The summed E-state index contributed by atoms with van der Waals surface area (Å²) in [5.41, 5.74) is 2.04. The molecule has 0 aromatic heterocycles. The third-order valence-corrected chi connectivity index (χ3v) is 4.09. The maximum Gasteiger partial charge on any atom is 0.173 e. The summed E-state index contributed by atoms with van der Waals surface area (Å²) in [5.74, 6) is 0. The molecule has 5 heteroatoms. The van der Waals surface area contributed by atoms with Crippen LogP contribution < -0.4 is 10.2 Å². The number of hydrogen-bond donors (Lipinski definition) is 2. The van der Waals surface area contributed by atoms with Gasteiger partial charge in [-0.2, -0.15) is 0 Å². The van der Waals surface area contributed by atoms with E-state index in [0.29, 0.717) is 0 Å². The van der Waals surface area contributed by atoms with Crippen LogP contribution in [0.15, 0.2) is 18.2 Å². The van der Waals surface area contributed by atoms with Gasteiger partial charge in [0, 0.05) is 10.7 Å². The second-order valence-electron chi connectivity index (χ2n) is 4.84. The van der Waals surface area contributed by atoms with Gasteiger partial charge in [0.15, 0.2) is 5.11 Å². The number of piperazine rings is 1. The fourth-order valence-corrected chi connectivity index (χ4v) is 2.45. The molecule has 1 aromatic carbocycles. The number of likely N-dealkylation sites (N-methyl/N-ethyl adjacent to an activating group) is 1. The van der Waals surface area contributed by atoms with Crippen molar-refractivity contribution in [2.75, 3.05) is 38.5 Å². The molecule has 0 spiro atoms. The number of anilines is 1. The molecule has 0 amide bonds. The zero-order valence-electron chi connectivity index (χ0n) is 10.8. The van der Waals surface area contributed by atoms with Gasteiger partial charge in [0.25, 0.3) is 0 Å². The lowest BCUT2D eigenvalue weighted by molar-refractivity contribution is -0.883. The number of quaternary nitrogens is 1. The van der Waals surface area contributed by atoms with Crippen molar-refractivity contribution in [2.45, 2.75) is 6.92 Å². The van der Waals surface area contributed by atoms with E-state index in [1.807, 2.05) is 25.1 Å². The molecule has 1 aliphatic heterocycles. The molecule has 1 fully saturated rings. The first kappa shape index (κ1) is 13.6. The molecule has 1 aromatic rings. The van der Waals surface area contributed by atoms with E-state index in [0.717, 1.165) is 47.6 Å². The number of halogens is 1. The molecule has 1 heterocycles. The first-order valence-corrected chi connectivity index (χ1v) is 6.98. The van der Waals surface area contributed by atoms with E-state index in [1.165, 1.54) is 0 Å². The lowest BCUT2D eigenvalue weighted by Gasteiger charge is -2.32. The SMILES string of the molecule is Cc1ccc(NC(=S)N2CC[NH+](C)CC2)cc1Cl. The molecular formula is C13H19ClN3S+. The van der Waals surface area contributed by atoms with Crippen LogP contribution in [0.25, 0.3) is 0 Å². The number of aryl methyl sites for hydroxylation is 1. The van der Waals surface area contributed by atoms with Crippen molar-refractivity contribution >= 4 is 34.6 Å². The maximum atomic E-state index is 6.10. The van der Waals surface area contributed by atoms with E-state index >= 15 is 0 Å². The Morgan fingerprint density at radius 1 is 1.39 bits per heavy atom. The van der Waals surface area contributed by atoms with E-state index in [4.69, 9.17) is 23.8 Å². The Hall–Kier alpha value is -0.840. The minimum atomic E-state index is 0.769. The third-order valence-electron chi connectivity index (χ3n) is 3.33. The molecule has 0 radical (unpaired) electrons. The minimum Gasteiger partial charge on any atom is -0.338 e. The van der Waals surface area contributed by atoms with E-state index in [1.54, 1.807) is 4.90 Å². The summed E-state index contributed by atoms with van der Waals surface area (Å²) in [5, 5.41) is 4.82. The van der Waals surface area contributed by atoms with Crippen LogP contribution >= 0.6 is 23.8 Å². The van der Waals surface area contributed by atoms with E-state index in [-0.39, 0.29) is 0 Å². The van der Waals surface area contributed by atoms with Crippen LogP contribution in [0.5, 0.6) is 0 Å². The monoisotopic (exact) mass is 284 g/mol. The largest absolute Gasteiger partial charge is 0.338 e. The summed E-state index contributed by atoms with van der Waals surface area (Å²) in [6, 6.07) is 5.93. The Morgan fingerprint density at radius 3 is 2.67 bits per heavy atom. The fourth-order valence-electron chi connectivity index (χ4n) is 1.96. The first-order valence-electron chi connectivity index (χ1n) is 6.19. The Labute approximate surface area is 119 Å². The van der Waals surface area contributed by atoms with E-state index in [2.05, 4.69) is 17.3 Å². The van der Waals surface area contributed by atoms with Crippen LogP contribution in [-0.2, 0) is 0 Å². The summed E-state index contributed by atoms with van der Waals surface area (Å²) in [4.78, 5) is 3.78. The summed E-state index contributed by atoms with van der Waals surface area (Å²) in [7, 11) is 2.22. The van der Waals surface area contributed by atoms with E-state index < -0.39 is 0 Å². The zero-order valence-corrected chi connectivity index (χ0v) is 12.4. The van der Waals surface area contributed by atoms with Crippen LogP contribution in [0.4, 0.5) is 5.69 Å². The highest BCUT2D eigenvalue weighted by atomic mass is 35.5. The van der Waals surface area contributed by atoms with Gasteiger partial charge in [-0.05, 0) is 36.8 Å². The van der Waals surface area contributed by atoms with Crippen LogP contribution in [0.1, 0.15) is 5.56 Å². The van der Waals surface area contributed by atoms with Crippen molar-refractivity contribution < 1.29 is 4.90 Å². The summed E-state index contributed by atoms with van der Waals surface area (Å²) in [6.45, 7) is 6.29. The maximum absolute atomic E-state index is 6.10. The van der Waals surface area contributed by atoms with Gasteiger partial charge in [-0.3, -0.25) is 0 Å².